The Kier molecular flexibility index (Phi) is 4.59. The normalized spacial score (nSPS) is 17.4. The number of thiophene rings is 1. The van der Waals surface area contributed by atoms with Gasteiger partial charge in [-0.2, -0.15) is 0 Å². The lowest BCUT2D eigenvalue weighted by atomic mass is 10.1. The van der Waals surface area contributed by atoms with E-state index >= 15 is 0 Å². The third-order valence-corrected chi connectivity index (χ3v) is 5.11. The maximum atomic E-state index is 11.2. The summed E-state index contributed by atoms with van der Waals surface area (Å²) in [7, 11) is 0. The van der Waals surface area contributed by atoms with E-state index in [0.717, 1.165) is 32.5 Å². The van der Waals surface area contributed by atoms with Crippen molar-refractivity contribution in [2.24, 2.45) is 0 Å². The first-order chi connectivity index (χ1) is 8.16. The van der Waals surface area contributed by atoms with Crippen LogP contribution in [0.2, 0.25) is 0 Å². The van der Waals surface area contributed by atoms with Crippen LogP contribution in [0.1, 0.15) is 24.6 Å². The molecule has 17 heavy (non-hydrogen) atoms. The Morgan fingerprint density at radius 3 is 2.82 bits per heavy atom. The van der Waals surface area contributed by atoms with Crippen LogP contribution in [0.15, 0.2) is 15.9 Å². The number of nitrogens with zero attached hydrogens (tertiary/aromatic N) is 1. The second-order valence-electron chi connectivity index (χ2n) is 4.35. The molecule has 0 saturated carbocycles. The molecule has 3 nitrogen and oxygen atoms in total. The van der Waals surface area contributed by atoms with E-state index in [2.05, 4.69) is 32.7 Å². The maximum Gasteiger partial charge on any atom is 0.219 e. The van der Waals surface area contributed by atoms with E-state index in [-0.39, 0.29) is 5.91 Å². The largest absolute Gasteiger partial charge is 0.343 e. The molecule has 0 aromatic carbocycles. The summed E-state index contributed by atoms with van der Waals surface area (Å²) in [5.41, 5.74) is 0. The summed E-state index contributed by atoms with van der Waals surface area (Å²) in [6.07, 6.45) is 2.12. The number of hydrogen-bond donors (Lipinski definition) is 1. The Labute approximate surface area is 114 Å². The van der Waals surface area contributed by atoms with E-state index in [1.807, 2.05) is 4.90 Å². The van der Waals surface area contributed by atoms with Crippen molar-refractivity contribution < 1.29 is 4.79 Å². The lowest BCUT2D eigenvalue weighted by molar-refractivity contribution is -0.129. The van der Waals surface area contributed by atoms with Gasteiger partial charge in [0.25, 0.3) is 0 Å². The van der Waals surface area contributed by atoms with Gasteiger partial charge in [-0.15, -0.1) is 11.3 Å². The van der Waals surface area contributed by atoms with E-state index in [9.17, 15) is 4.79 Å². The SMILES string of the molecule is CC(=O)N1CCC(NCc2sccc2Br)CC1. The summed E-state index contributed by atoms with van der Waals surface area (Å²) < 4.78 is 1.19. The lowest BCUT2D eigenvalue weighted by Gasteiger charge is -2.31. The molecule has 94 valence electrons. The standard InChI is InChI=1S/C12H17BrN2OS/c1-9(16)15-5-2-10(3-6-15)14-8-12-11(13)4-7-17-12/h4,7,10,14H,2-3,5-6,8H2,1H3. The van der Waals surface area contributed by atoms with Crippen LogP contribution in [0.4, 0.5) is 0 Å². The van der Waals surface area contributed by atoms with Gasteiger partial charge in [-0.3, -0.25) is 4.79 Å². The van der Waals surface area contributed by atoms with Crippen LogP contribution >= 0.6 is 27.3 Å². The van der Waals surface area contributed by atoms with E-state index in [4.69, 9.17) is 0 Å². The first-order valence-electron chi connectivity index (χ1n) is 5.87. The molecule has 0 bridgehead atoms. The van der Waals surface area contributed by atoms with Gasteiger partial charge in [-0.05, 0) is 40.2 Å². The molecule has 1 N–H and O–H groups in total. The molecule has 0 aliphatic carbocycles. The zero-order valence-corrected chi connectivity index (χ0v) is 12.3. The average Bonchev–Trinajstić information content (AvgIpc) is 2.73. The highest BCUT2D eigenvalue weighted by Gasteiger charge is 2.20. The number of nitrogens with one attached hydrogen (secondary N) is 1. The first kappa shape index (κ1) is 13.1. The summed E-state index contributed by atoms with van der Waals surface area (Å²) in [6, 6.07) is 2.62. The van der Waals surface area contributed by atoms with Gasteiger partial charge in [0.15, 0.2) is 0 Å². The number of piperidine rings is 1. The molecule has 5 heteroatoms. The van der Waals surface area contributed by atoms with Crippen LogP contribution in [0.5, 0.6) is 0 Å². The molecule has 2 heterocycles. The van der Waals surface area contributed by atoms with Crippen molar-refractivity contribution in [1.82, 2.24) is 10.2 Å². The van der Waals surface area contributed by atoms with E-state index < -0.39 is 0 Å². The highest BCUT2D eigenvalue weighted by atomic mass is 79.9. The number of halogens is 1. The van der Waals surface area contributed by atoms with Crippen LogP contribution in [0.25, 0.3) is 0 Å². The number of hydrogen-bond acceptors (Lipinski definition) is 3. The van der Waals surface area contributed by atoms with Crippen molar-refractivity contribution in [1.29, 1.82) is 0 Å². The summed E-state index contributed by atoms with van der Waals surface area (Å²) in [5, 5.41) is 5.66. The van der Waals surface area contributed by atoms with Gasteiger partial charge < -0.3 is 10.2 Å². The van der Waals surface area contributed by atoms with Crippen molar-refractivity contribution >= 4 is 33.2 Å². The quantitative estimate of drug-likeness (QED) is 0.929. The van der Waals surface area contributed by atoms with Crippen LogP contribution in [-0.2, 0) is 11.3 Å². The monoisotopic (exact) mass is 316 g/mol. The van der Waals surface area contributed by atoms with Crippen molar-refractivity contribution in [3.8, 4) is 0 Å². The topological polar surface area (TPSA) is 32.3 Å². The number of carbonyl (C=O) groups is 1. The molecule has 1 aromatic rings. The van der Waals surface area contributed by atoms with Crippen LogP contribution in [-0.4, -0.2) is 29.9 Å². The fraction of sp³-hybridized carbons (Fsp3) is 0.583. The van der Waals surface area contributed by atoms with Crippen molar-refractivity contribution in [3.05, 3.63) is 20.8 Å². The fourth-order valence-electron chi connectivity index (χ4n) is 2.09. The molecular weight excluding hydrogens is 300 g/mol. The molecule has 2 rings (SSSR count). The maximum absolute atomic E-state index is 11.2. The summed E-state index contributed by atoms with van der Waals surface area (Å²) in [5.74, 6) is 0.199. The number of carbonyl (C=O) groups excluding carboxylic acids is 1. The fourth-order valence-corrected chi connectivity index (χ4v) is 3.53. The molecule has 1 saturated heterocycles. The lowest BCUT2D eigenvalue weighted by Crippen LogP contribution is -2.43. The van der Waals surface area contributed by atoms with Gasteiger partial charge in [0.1, 0.15) is 0 Å². The molecule has 1 fully saturated rings. The van der Waals surface area contributed by atoms with E-state index in [1.54, 1.807) is 18.3 Å². The Hall–Kier alpha value is -0.390. The number of amides is 1. The minimum absolute atomic E-state index is 0.199. The van der Waals surface area contributed by atoms with Crippen molar-refractivity contribution in [3.63, 3.8) is 0 Å². The number of rotatable bonds is 3. The molecule has 1 aromatic heterocycles. The van der Waals surface area contributed by atoms with Gasteiger partial charge >= 0.3 is 0 Å². The molecule has 1 amide bonds. The minimum atomic E-state index is 0.199. The highest BCUT2D eigenvalue weighted by molar-refractivity contribution is 9.10. The van der Waals surface area contributed by atoms with Crippen molar-refractivity contribution in [2.75, 3.05) is 13.1 Å². The zero-order chi connectivity index (χ0) is 12.3. The van der Waals surface area contributed by atoms with Gasteiger partial charge in [-0.25, -0.2) is 0 Å². The predicted octanol–water partition coefficient (Wildman–Crippen LogP) is 2.61. The molecule has 0 radical (unpaired) electrons. The Morgan fingerprint density at radius 2 is 2.29 bits per heavy atom. The van der Waals surface area contributed by atoms with Crippen LogP contribution in [0.3, 0.4) is 0 Å². The predicted molar refractivity (Wildman–Crippen MR) is 74.1 cm³/mol. The van der Waals surface area contributed by atoms with Crippen LogP contribution < -0.4 is 5.32 Å². The Balaban J connectivity index is 1.75. The summed E-state index contributed by atoms with van der Waals surface area (Å²) in [6.45, 7) is 4.34. The molecular formula is C12H17BrN2OS. The van der Waals surface area contributed by atoms with Gasteiger partial charge in [0, 0.05) is 41.9 Å². The third-order valence-electron chi connectivity index (χ3n) is 3.18. The first-order valence-corrected chi connectivity index (χ1v) is 7.55. The second-order valence-corrected chi connectivity index (χ2v) is 6.21. The van der Waals surface area contributed by atoms with Crippen LogP contribution in [0, 0.1) is 0 Å². The summed E-state index contributed by atoms with van der Waals surface area (Å²) in [4.78, 5) is 14.5. The smallest absolute Gasteiger partial charge is 0.219 e. The highest BCUT2D eigenvalue weighted by Crippen LogP contribution is 2.22. The number of likely N-dealkylation sites (tertiary alicyclic amines) is 1. The summed E-state index contributed by atoms with van der Waals surface area (Å²) >= 11 is 5.31. The van der Waals surface area contributed by atoms with Crippen molar-refractivity contribution in [2.45, 2.75) is 32.4 Å². The second kappa shape index (κ2) is 5.98. The van der Waals surface area contributed by atoms with Gasteiger partial charge in [-0.1, -0.05) is 0 Å². The molecule has 1 aliphatic heterocycles. The van der Waals surface area contributed by atoms with E-state index in [1.165, 1.54) is 9.35 Å². The zero-order valence-electron chi connectivity index (χ0n) is 9.91. The minimum Gasteiger partial charge on any atom is -0.343 e. The molecule has 0 atom stereocenters. The average molecular weight is 317 g/mol. The van der Waals surface area contributed by atoms with E-state index in [0.29, 0.717) is 6.04 Å². The molecule has 0 spiro atoms. The Morgan fingerprint density at radius 1 is 1.59 bits per heavy atom. The van der Waals surface area contributed by atoms with Gasteiger partial charge in [0.05, 0.1) is 0 Å². The third kappa shape index (κ3) is 3.53. The van der Waals surface area contributed by atoms with Gasteiger partial charge in [0.2, 0.25) is 5.91 Å². The Bertz CT molecular complexity index is 386. The molecule has 0 unspecified atom stereocenters. The molecule has 1 aliphatic rings.